The van der Waals surface area contributed by atoms with Gasteiger partial charge in [0.1, 0.15) is 11.6 Å². The molecule has 1 aromatic rings. The zero-order valence-corrected chi connectivity index (χ0v) is 11.3. The number of pyridine rings is 1. The Labute approximate surface area is 113 Å². The summed E-state index contributed by atoms with van der Waals surface area (Å²) in [6.07, 6.45) is 0. The van der Waals surface area contributed by atoms with Crippen molar-refractivity contribution >= 4 is 40.8 Å². The normalized spacial score (nSPS) is 19.4. The smallest absolute Gasteiger partial charge is 0.276 e. The Balaban J connectivity index is 1.97. The highest BCUT2D eigenvalue weighted by Gasteiger charge is 2.15. The van der Waals surface area contributed by atoms with Gasteiger partial charge in [0, 0.05) is 29.1 Å². The van der Waals surface area contributed by atoms with Crippen LogP contribution in [0.25, 0.3) is 0 Å². The van der Waals surface area contributed by atoms with Gasteiger partial charge in [-0.2, -0.15) is 23.5 Å². The summed E-state index contributed by atoms with van der Waals surface area (Å²) in [5.41, 5.74) is 5.51. The van der Waals surface area contributed by atoms with Crippen LogP contribution in [0.2, 0.25) is 0 Å². The number of aromatic nitrogens is 1. The van der Waals surface area contributed by atoms with Gasteiger partial charge in [0.05, 0.1) is 17.1 Å². The molecule has 98 valence electrons. The first-order valence-corrected chi connectivity index (χ1v) is 7.70. The number of hydrogen-bond acceptors (Lipinski definition) is 7. The minimum atomic E-state index is -0.464. The molecule has 0 aromatic carbocycles. The number of nitro groups is 1. The van der Waals surface area contributed by atoms with Gasteiger partial charge in [-0.3, -0.25) is 10.1 Å². The van der Waals surface area contributed by atoms with E-state index in [2.05, 4.69) is 10.3 Å². The zero-order valence-electron chi connectivity index (χ0n) is 9.67. The number of hydrogen-bond donors (Lipinski definition) is 2. The summed E-state index contributed by atoms with van der Waals surface area (Å²) >= 11 is 3.86. The second kappa shape index (κ2) is 6.14. The maximum Gasteiger partial charge on any atom is 0.276 e. The van der Waals surface area contributed by atoms with Gasteiger partial charge in [-0.05, 0) is 0 Å². The van der Waals surface area contributed by atoms with Crippen LogP contribution >= 0.6 is 23.5 Å². The van der Waals surface area contributed by atoms with Crippen LogP contribution in [0.15, 0.2) is 12.1 Å². The molecule has 3 N–H and O–H groups in total. The Kier molecular flexibility index (Phi) is 4.54. The fraction of sp³-hybridized carbons (Fsp3) is 0.500. The zero-order chi connectivity index (χ0) is 13.0. The minimum Gasteiger partial charge on any atom is -0.383 e. The highest BCUT2D eigenvalue weighted by atomic mass is 32.2. The van der Waals surface area contributed by atoms with Gasteiger partial charge >= 0.3 is 0 Å². The first-order chi connectivity index (χ1) is 8.65. The van der Waals surface area contributed by atoms with E-state index in [1.165, 1.54) is 17.9 Å². The molecule has 0 spiro atoms. The van der Waals surface area contributed by atoms with Gasteiger partial charge < -0.3 is 11.1 Å². The third kappa shape index (κ3) is 3.67. The lowest BCUT2D eigenvalue weighted by molar-refractivity contribution is -0.384. The number of nitrogens with one attached hydrogen (secondary N) is 1. The molecule has 1 unspecified atom stereocenters. The molecule has 6 nitrogen and oxygen atoms in total. The molecule has 1 aromatic heterocycles. The second-order valence-corrected chi connectivity index (χ2v) is 6.40. The van der Waals surface area contributed by atoms with Gasteiger partial charge in [0.15, 0.2) is 0 Å². The lowest BCUT2D eigenvalue weighted by atomic mass is 10.3. The summed E-state index contributed by atoms with van der Waals surface area (Å²) in [6.45, 7) is 0.755. The lowest BCUT2D eigenvalue weighted by Crippen LogP contribution is -2.23. The Bertz CT molecular complexity index is 438. The number of anilines is 2. The highest BCUT2D eigenvalue weighted by molar-refractivity contribution is 8.06. The van der Waals surface area contributed by atoms with Crippen LogP contribution in [-0.2, 0) is 0 Å². The molecule has 1 atom stereocenters. The molecule has 0 saturated carbocycles. The fourth-order valence-electron chi connectivity index (χ4n) is 1.61. The third-order valence-corrected chi connectivity index (χ3v) is 5.28. The molecule has 1 saturated heterocycles. The van der Waals surface area contributed by atoms with Gasteiger partial charge in [0.2, 0.25) is 0 Å². The predicted octanol–water partition coefficient (Wildman–Crippen LogP) is 1.83. The van der Waals surface area contributed by atoms with Gasteiger partial charge in [-0.15, -0.1) is 0 Å². The van der Waals surface area contributed by atoms with E-state index in [1.54, 1.807) is 0 Å². The quantitative estimate of drug-likeness (QED) is 0.644. The van der Waals surface area contributed by atoms with E-state index in [1.807, 2.05) is 23.5 Å². The van der Waals surface area contributed by atoms with Gasteiger partial charge in [-0.1, -0.05) is 0 Å². The monoisotopic (exact) mass is 286 g/mol. The summed E-state index contributed by atoms with van der Waals surface area (Å²) in [5, 5.41) is 14.3. The van der Waals surface area contributed by atoms with Crippen molar-refractivity contribution in [3.05, 3.63) is 22.2 Å². The van der Waals surface area contributed by atoms with Crippen molar-refractivity contribution < 1.29 is 4.92 Å². The average Bonchev–Trinajstić information content (AvgIpc) is 2.37. The molecular weight excluding hydrogens is 272 g/mol. The van der Waals surface area contributed by atoms with Crippen LogP contribution < -0.4 is 11.1 Å². The molecule has 1 aliphatic heterocycles. The van der Waals surface area contributed by atoms with Crippen LogP contribution in [0.5, 0.6) is 0 Å². The summed E-state index contributed by atoms with van der Waals surface area (Å²) in [6, 6.07) is 2.67. The predicted molar refractivity (Wildman–Crippen MR) is 77.4 cm³/mol. The SMILES string of the molecule is Nc1cc([N+](=O)[O-])cc(NCC2CSCCS2)n1. The maximum absolute atomic E-state index is 10.7. The Morgan fingerprint density at radius 3 is 3.06 bits per heavy atom. The van der Waals surface area contributed by atoms with Crippen LogP contribution in [0, 0.1) is 10.1 Å². The Hall–Kier alpha value is -1.15. The van der Waals surface area contributed by atoms with E-state index in [-0.39, 0.29) is 11.5 Å². The second-order valence-electron chi connectivity index (χ2n) is 3.84. The van der Waals surface area contributed by atoms with Crippen LogP contribution in [0.4, 0.5) is 17.3 Å². The van der Waals surface area contributed by atoms with Crippen LogP contribution in [0.1, 0.15) is 0 Å². The number of rotatable bonds is 4. The number of nitrogens with two attached hydrogens (primary N) is 1. The van der Waals surface area contributed by atoms with E-state index in [0.29, 0.717) is 11.1 Å². The standard InChI is InChI=1S/C10H14N4O2S2/c11-9-3-7(14(15)16)4-10(13-9)12-5-8-6-17-1-2-18-8/h3-4,8H,1-2,5-6H2,(H3,11,12,13). The topological polar surface area (TPSA) is 94.1 Å². The summed E-state index contributed by atoms with van der Waals surface area (Å²) in [5.74, 6) is 4.09. The van der Waals surface area contributed by atoms with Gasteiger partial charge in [-0.25, -0.2) is 4.98 Å². The molecule has 1 aliphatic rings. The summed E-state index contributed by atoms with van der Waals surface area (Å²) < 4.78 is 0. The van der Waals surface area contributed by atoms with Gasteiger partial charge in [0.25, 0.3) is 5.69 Å². The summed E-state index contributed by atoms with van der Waals surface area (Å²) in [7, 11) is 0. The maximum atomic E-state index is 10.7. The molecule has 18 heavy (non-hydrogen) atoms. The highest BCUT2D eigenvalue weighted by Crippen LogP contribution is 2.25. The largest absolute Gasteiger partial charge is 0.383 e. The number of nitrogen functional groups attached to an aromatic ring is 1. The molecular formula is C10H14N4O2S2. The first-order valence-electron chi connectivity index (χ1n) is 5.50. The Morgan fingerprint density at radius 1 is 1.56 bits per heavy atom. The van der Waals surface area contributed by atoms with Crippen molar-refractivity contribution in [1.29, 1.82) is 0 Å². The molecule has 2 rings (SSSR count). The van der Waals surface area contributed by atoms with Crippen molar-refractivity contribution in [2.45, 2.75) is 5.25 Å². The number of thioether (sulfide) groups is 2. The fourth-order valence-corrected chi connectivity index (χ4v) is 4.22. The molecule has 8 heteroatoms. The van der Waals surface area contributed by atoms with E-state index < -0.39 is 4.92 Å². The van der Waals surface area contributed by atoms with Crippen molar-refractivity contribution in [3.63, 3.8) is 0 Å². The number of nitrogens with zero attached hydrogens (tertiary/aromatic N) is 2. The lowest BCUT2D eigenvalue weighted by Gasteiger charge is -2.21. The molecule has 0 radical (unpaired) electrons. The van der Waals surface area contributed by atoms with Crippen molar-refractivity contribution in [2.24, 2.45) is 0 Å². The molecule has 2 heterocycles. The van der Waals surface area contributed by atoms with Crippen LogP contribution in [-0.4, -0.2) is 39.0 Å². The van der Waals surface area contributed by atoms with E-state index in [0.717, 1.165) is 18.1 Å². The minimum absolute atomic E-state index is 0.0318. The van der Waals surface area contributed by atoms with E-state index >= 15 is 0 Å². The van der Waals surface area contributed by atoms with Crippen molar-refractivity contribution in [2.75, 3.05) is 34.9 Å². The van der Waals surface area contributed by atoms with Crippen LogP contribution in [0.3, 0.4) is 0 Å². The van der Waals surface area contributed by atoms with E-state index in [4.69, 9.17) is 5.73 Å². The molecule has 0 bridgehead atoms. The van der Waals surface area contributed by atoms with Crippen molar-refractivity contribution in [1.82, 2.24) is 4.98 Å². The molecule has 1 fully saturated rings. The van der Waals surface area contributed by atoms with E-state index in [9.17, 15) is 10.1 Å². The summed E-state index contributed by atoms with van der Waals surface area (Å²) in [4.78, 5) is 14.3. The first kappa shape index (κ1) is 13.3. The Morgan fingerprint density at radius 2 is 2.39 bits per heavy atom. The third-order valence-electron chi connectivity index (χ3n) is 2.44. The average molecular weight is 286 g/mol. The molecule has 0 amide bonds. The molecule has 0 aliphatic carbocycles. The van der Waals surface area contributed by atoms with Crippen molar-refractivity contribution in [3.8, 4) is 0 Å².